The number of anilines is 1. The van der Waals surface area contributed by atoms with E-state index in [0.717, 1.165) is 6.33 Å². The predicted molar refractivity (Wildman–Crippen MR) is 96.9 cm³/mol. The third-order valence-corrected chi connectivity index (χ3v) is 7.64. The molecule has 0 amide bonds. The van der Waals surface area contributed by atoms with Crippen LogP contribution in [0.1, 0.15) is 12.6 Å². The fourth-order valence-electron chi connectivity index (χ4n) is 2.61. The summed E-state index contributed by atoms with van der Waals surface area (Å²) in [5, 5.41) is 10.2. The van der Waals surface area contributed by atoms with E-state index in [9.17, 15) is 28.5 Å². The van der Waals surface area contributed by atoms with Crippen molar-refractivity contribution in [1.29, 1.82) is 0 Å². The molecule has 3 heterocycles. The topological polar surface area (TPSA) is 279 Å². The fraction of sp³-hybridized carbons (Fsp3) is 0.500. The maximum absolute atomic E-state index is 11.9. The SMILES string of the molecule is Nc1nc2c(ncn2[C@@H]2O[C@H](OCP(=O)(O)OP(=O)(O)OP(=O)(O)O)C[C@@H]2O)c(=O)[nH]1. The Labute approximate surface area is 170 Å². The molecular formula is C10H16N5O13P3. The molecule has 1 aliphatic rings. The summed E-state index contributed by atoms with van der Waals surface area (Å²) in [5.41, 5.74) is 4.75. The van der Waals surface area contributed by atoms with Crippen molar-refractivity contribution in [2.75, 3.05) is 12.1 Å². The summed E-state index contributed by atoms with van der Waals surface area (Å²) in [6.07, 6.45) is -4.15. The first-order valence-corrected chi connectivity index (χ1v) is 12.7. The number of nitrogens with two attached hydrogens (primary N) is 1. The van der Waals surface area contributed by atoms with Crippen LogP contribution >= 0.6 is 23.2 Å². The highest BCUT2D eigenvalue weighted by molar-refractivity contribution is 7.68. The van der Waals surface area contributed by atoms with E-state index in [4.69, 9.17) is 29.9 Å². The molecule has 5 atom stereocenters. The molecule has 0 bridgehead atoms. The van der Waals surface area contributed by atoms with Crippen LogP contribution in [0.5, 0.6) is 0 Å². The van der Waals surface area contributed by atoms with Gasteiger partial charge in [0.1, 0.15) is 6.10 Å². The van der Waals surface area contributed by atoms with E-state index in [1.54, 1.807) is 0 Å². The van der Waals surface area contributed by atoms with Gasteiger partial charge in [0.05, 0.1) is 6.33 Å². The number of ether oxygens (including phenoxy) is 2. The van der Waals surface area contributed by atoms with Crippen LogP contribution in [0.4, 0.5) is 5.95 Å². The molecule has 0 aliphatic carbocycles. The van der Waals surface area contributed by atoms with Crippen LogP contribution in [0.2, 0.25) is 0 Å². The molecule has 2 unspecified atom stereocenters. The molecule has 174 valence electrons. The number of nitrogen functional groups attached to an aromatic ring is 1. The average molecular weight is 507 g/mol. The molecule has 1 saturated heterocycles. The lowest BCUT2D eigenvalue weighted by molar-refractivity contribution is -0.145. The minimum absolute atomic E-state index is 0.0158. The average Bonchev–Trinajstić information content (AvgIpc) is 3.12. The second-order valence-corrected chi connectivity index (χ2v) is 10.8. The number of imidazole rings is 1. The number of fused-ring (bicyclic) bond motifs is 1. The Morgan fingerprint density at radius 3 is 2.58 bits per heavy atom. The van der Waals surface area contributed by atoms with Gasteiger partial charge in [-0.1, -0.05) is 0 Å². The highest BCUT2D eigenvalue weighted by Crippen LogP contribution is 2.66. The Morgan fingerprint density at radius 2 is 1.94 bits per heavy atom. The smallest absolute Gasteiger partial charge is 0.388 e. The van der Waals surface area contributed by atoms with E-state index in [1.165, 1.54) is 4.57 Å². The van der Waals surface area contributed by atoms with E-state index in [2.05, 4.69) is 23.6 Å². The number of aliphatic hydroxyl groups excluding tert-OH is 1. The number of hydrogen-bond acceptors (Lipinski definition) is 12. The van der Waals surface area contributed by atoms with Crippen molar-refractivity contribution in [3.63, 3.8) is 0 Å². The van der Waals surface area contributed by atoms with Crippen molar-refractivity contribution in [3.05, 3.63) is 16.7 Å². The summed E-state index contributed by atoms with van der Waals surface area (Å²) in [5.74, 6) is -0.219. The predicted octanol–water partition coefficient (Wildman–Crippen LogP) is -1.31. The molecule has 3 rings (SSSR count). The molecule has 2 aromatic rings. The maximum Gasteiger partial charge on any atom is 0.488 e. The van der Waals surface area contributed by atoms with Crippen LogP contribution in [0.15, 0.2) is 11.1 Å². The first kappa shape index (κ1) is 24.1. The summed E-state index contributed by atoms with van der Waals surface area (Å²) >= 11 is 0. The number of phosphoric acid groups is 2. The van der Waals surface area contributed by atoms with Gasteiger partial charge in [-0.25, -0.2) is 18.4 Å². The number of nitrogens with zero attached hydrogens (tertiary/aromatic N) is 3. The minimum Gasteiger partial charge on any atom is -0.388 e. The van der Waals surface area contributed by atoms with Gasteiger partial charge >= 0.3 is 23.2 Å². The summed E-state index contributed by atoms with van der Waals surface area (Å²) in [4.78, 5) is 57.5. The summed E-state index contributed by atoms with van der Waals surface area (Å²) < 4.78 is 52.6. The van der Waals surface area contributed by atoms with E-state index in [0.29, 0.717) is 0 Å². The second-order valence-electron chi connectivity index (χ2n) is 6.09. The lowest BCUT2D eigenvalue weighted by Gasteiger charge is -2.19. The lowest BCUT2D eigenvalue weighted by Crippen LogP contribution is -2.20. The van der Waals surface area contributed by atoms with Crippen LogP contribution < -0.4 is 11.3 Å². The molecule has 21 heteroatoms. The van der Waals surface area contributed by atoms with Gasteiger partial charge in [-0.2, -0.15) is 9.29 Å². The molecule has 1 aliphatic heterocycles. The monoisotopic (exact) mass is 507 g/mol. The number of aromatic amines is 1. The molecular weight excluding hydrogens is 491 g/mol. The minimum atomic E-state index is -5.61. The Hall–Kier alpha value is -1.52. The van der Waals surface area contributed by atoms with Crippen molar-refractivity contribution in [2.24, 2.45) is 0 Å². The maximum atomic E-state index is 11.9. The Bertz CT molecular complexity index is 1170. The molecule has 0 radical (unpaired) electrons. The van der Waals surface area contributed by atoms with Crippen molar-refractivity contribution >= 4 is 40.4 Å². The molecule has 0 saturated carbocycles. The van der Waals surface area contributed by atoms with Gasteiger partial charge in [-0.15, -0.1) is 0 Å². The number of hydrogen-bond donors (Lipinski definition) is 7. The van der Waals surface area contributed by atoms with Crippen molar-refractivity contribution in [2.45, 2.75) is 25.0 Å². The second kappa shape index (κ2) is 8.44. The molecule has 31 heavy (non-hydrogen) atoms. The standard InChI is InChI=1S/C10H16N5O13P3/c11-10-13-7-6(8(17)14-10)12-2-15(7)9-4(16)1-5(26-9)25-3-29(18,19)27-31(23,24)28-30(20,21)22/h2,4-5,9,16H,1,3H2,(H,18,19)(H,23,24)(H2,20,21,22)(H3,11,13,14,17)/t4-,5-,9+/m0/s1. The fourth-order valence-corrected chi connectivity index (χ4v) is 5.91. The van der Waals surface area contributed by atoms with E-state index >= 15 is 0 Å². The lowest BCUT2D eigenvalue weighted by atomic mass is 10.2. The highest BCUT2D eigenvalue weighted by Gasteiger charge is 2.42. The number of rotatable bonds is 8. The molecule has 8 N–H and O–H groups in total. The Morgan fingerprint density at radius 1 is 1.26 bits per heavy atom. The normalized spacial score (nSPS) is 26.0. The van der Waals surface area contributed by atoms with Gasteiger partial charge in [-0.3, -0.25) is 18.9 Å². The number of H-pyrrole nitrogens is 1. The van der Waals surface area contributed by atoms with Gasteiger partial charge in [0, 0.05) is 6.42 Å². The molecule has 1 fully saturated rings. The molecule has 0 spiro atoms. The Balaban J connectivity index is 1.67. The van der Waals surface area contributed by atoms with Gasteiger partial charge in [0.25, 0.3) is 5.56 Å². The first-order valence-electron chi connectivity index (χ1n) is 7.96. The first-order chi connectivity index (χ1) is 14.2. The number of aliphatic hydroxyl groups is 1. The summed E-state index contributed by atoms with van der Waals surface area (Å²) in [6, 6.07) is 0. The Kier molecular flexibility index (Phi) is 6.57. The zero-order valence-corrected chi connectivity index (χ0v) is 17.7. The van der Waals surface area contributed by atoms with Crippen molar-refractivity contribution in [3.8, 4) is 0 Å². The summed E-state index contributed by atoms with van der Waals surface area (Å²) in [7, 11) is -16.2. The van der Waals surface area contributed by atoms with Gasteiger partial charge in [-0.05, 0) is 0 Å². The molecule has 2 aromatic heterocycles. The molecule has 18 nitrogen and oxygen atoms in total. The van der Waals surface area contributed by atoms with Crippen LogP contribution in [0.25, 0.3) is 11.2 Å². The summed E-state index contributed by atoms with van der Waals surface area (Å²) in [6.45, 7) is 0. The third kappa shape index (κ3) is 6.04. The molecule has 0 aromatic carbocycles. The zero-order valence-electron chi connectivity index (χ0n) is 15.0. The van der Waals surface area contributed by atoms with Crippen LogP contribution in [0, 0.1) is 0 Å². The highest BCUT2D eigenvalue weighted by atomic mass is 31.3. The van der Waals surface area contributed by atoms with Crippen LogP contribution in [-0.2, 0) is 31.8 Å². The van der Waals surface area contributed by atoms with E-state index in [-0.39, 0.29) is 23.5 Å². The number of aromatic nitrogens is 4. The zero-order chi connectivity index (χ0) is 23.2. The van der Waals surface area contributed by atoms with Gasteiger partial charge in [0.15, 0.2) is 30.0 Å². The van der Waals surface area contributed by atoms with Gasteiger partial charge < -0.3 is 39.9 Å². The van der Waals surface area contributed by atoms with Gasteiger partial charge in [0.2, 0.25) is 5.95 Å². The van der Waals surface area contributed by atoms with Crippen molar-refractivity contribution < 1.29 is 56.5 Å². The van der Waals surface area contributed by atoms with Crippen LogP contribution in [-0.4, -0.2) is 62.9 Å². The third-order valence-electron chi connectivity index (χ3n) is 3.64. The van der Waals surface area contributed by atoms with E-state index in [1.807, 2.05) is 0 Å². The van der Waals surface area contributed by atoms with Crippen LogP contribution in [0.3, 0.4) is 0 Å². The number of nitrogens with one attached hydrogen (secondary N) is 1. The quantitative estimate of drug-likeness (QED) is 0.204. The van der Waals surface area contributed by atoms with Crippen molar-refractivity contribution in [1.82, 2.24) is 19.5 Å². The van der Waals surface area contributed by atoms with E-state index < -0.39 is 53.8 Å². The largest absolute Gasteiger partial charge is 0.488 e.